The van der Waals surface area contributed by atoms with Gasteiger partial charge < -0.3 is 19.4 Å². The molecule has 2 fully saturated rings. The van der Waals surface area contributed by atoms with Crippen LogP contribution in [-0.4, -0.2) is 83.5 Å². The number of anilines is 2. The number of aryl methyl sites for hydroxylation is 1. The van der Waals surface area contributed by atoms with Crippen molar-refractivity contribution in [2.24, 2.45) is 0 Å². The Labute approximate surface area is 158 Å². The first kappa shape index (κ1) is 17.6. The number of hydrogen-bond donors (Lipinski definition) is 0. The Bertz CT molecular complexity index is 785. The van der Waals surface area contributed by atoms with Gasteiger partial charge in [-0.25, -0.2) is 4.98 Å². The number of nitrogens with zero attached hydrogens (tertiary/aromatic N) is 7. The molecular formula is C18H23N7O2. The van der Waals surface area contributed by atoms with Crippen molar-refractivity contribution < 1.29 is 9.53 Å². The number of amides is 1. The van der Waals surface area contributed by atoms with E-state index in [1.54, 1.807) is 18.6 Å². The van der Waals surface area contributed by atoms with E-state index in [4.69, 9.17) is 4.74 Å². The lowest BCUT2D eigenvalue weighted by Crippen LogP contribution is -2.49. The Morgan fingerprint density at radius 2 is 1.74 bits per heavy atom. The maximum Gasteiger partial charge on any atom is 0.274 e. The Morgan fingerprint density at radius 1 is 0.963 bits per heavy atom. The molecule has 0 N–H and O–H groups in total. The first-order chi connectivity index (χ1) is 13.2. The number of aromatic nitrogens is 4. The van der Waals surface area contributed by atoms with Crippen molar-refractivity contribution in [3.63, 3.8) is 0 Å². The Hall–Kier alpha value is -2.81. The van der Waals surface area contributed by atoms with Gasteiger partial charge in [-0.3, -0.25) is 9.78 Å². The summed E-state index contributed by atoms with van der Waals surface area (Å²) in [6.45, 7) is 7.74. The van der Waals surface area contributed by atoms with E-state index in [0.717, 1.165) is 43.4 Å². The van der Waals surface area contributed by atoms with Gasteiger partial charge in [-0.2, -0.15) is 5.10 Å². The van der Waals surface area contributed by atoms with Crippen molar-refractivity contribution >= 4 is 17.4 Å². The van der Waals surface area contributed by atoms with Crippen molar-refractivity contribution in [3.05, 3.63) is 36.0 Å². The second-order valence-corrected chi connectivity index (χ2v) is 6.69. The lowest BCUT2D eigenvalue weighted by atomic mass is 10.2. The fourth-order valence-electron chi connectivity index (χ4n) is 3.30. The van der Waals surface area contributed by atoms with Crippen LogP contribution >= 0.6 is 0 Å². The third-order valence-electron chi connectivity index (χ3n) is 4.89. The summed E-state index contributed by atoms with van der Waals surface area (Å²) in [5.74, 6) is 0.813. The van der Waals surface area contributed by atoms with Crippen LogP contribution in [0.2, 0.25) is 0 Å². The maximum absolute atomic E-state index is 12.6. The summed E-state index contributed by atoms with van der Waals surface area (Å²) < 4.78 is 5.40. The first-order valence-electron chi connectivity index (χ1n) is 9.19. The van der Waals surface area contributed by atoms with E-state index >= 15 is 0 Å². The van der Waals surface area contributed by atoms with Gasteiger partial charge in [-0.1, -0.05) is 0 Å². The summed E-state index contributed by atoms with van der Waals surface area (Å²) in [7, 11) is 0. The molecule has 2 saturated heterocycles. The molecule has 27 heavy (non-hydrogen) atoms. The molecule has 0 radical (unpaired) electrons. The number of piperazine rings is 1. The van der Waals surface area contributed by atoms with Crippen molar-refractivity contribution in [2.75, 3.05) is 62.3 Å². The normalized spacial score (nSPS) is 17.9. The van der Waals surface area contributed by atoms with Crippen LogP contribution in [-0.2, 0) is 4.74 Å². The van der Waals surface area contributed by atoms with Crippen molar-refractivity contribution in [1.29, 1.82) is 0 Å². The molecule has 142 valence electrons. The summed E-state index contributed by atoms with van der Waals surface area (Å²) in [5.41, 5.74) is 2.24. The first-order valence-corrected chi connectivity index (χ1v) is 9.19. The topological polar surface area (TPSA) is 87.6 Å². The van der Waals surface area contributed by atoms with Crippen molar-refractivity contribution in [3.8, 4) is 0 Å². The standard InChI is InChI=1S/C18H23N7O2/c1-14-11-20-16(13-19-14)18(26)25-4-2-23(3-5-25)15-10-17(22-21-12-15)24-6-8-27-9-7-24/h10-13H,2-9H2,1H3. The predicted molar refractivity (Wildman–Crippen MR) is 99.9 cm³/mol. The third kappa shape index (κ3) is 3.97. The molecule has 2 aliphatic heterocycles. The maximum atomic E-state index is 12.6. The van der Waals surface area contributed by atoms with E-state index in [2.05, 4.69) is 36.0 Å². The number of ether oxygens (including phenoxy) is 1. The minimum atomic E-state index is -0.0657. The van der Waals surface area contributed by atoms with Crippen LogP contribution in [0.4, 0.5) is 11.5 Å². The Morgan fingerprint density at radius 3 is 2.44 bits per heavy atom. The lowest BCUT2D eigenvalue weighted by Gasteiger charge is -2.36. The SMILES string of the molecule is Cc1cnc(C(=O)N2CCN(c3cnnc(N4CCOCC4)c3)CC2)cn1. The summed E-state index contributed by atoms with van der Waals surface area (Å²) >= 11 is 0. The summed E-state index contributed by atoms with van der Waals surface area (Å²) in [5, 5.41) is 8.43. The van der Waals surface area contributed by atoms with Crippen molar-refractivity contribution in [1.82, 2.24) is 25.1 Å². The Kier molecular flexibility index (Phi) is 5.10. The van der Waals surface area contributed by atoms with Crippen LogP contribution in [0, 0.1) is 6.92 Å². The van der Waals surface area contributed by atoms with Gasteiger partial charge in [0.05, 0.1) is 37.0 Å². The molecule has 0 bridgehead atoms. The predicted octanol–water partition coefficient (Wildman–Crippen LogP) is 0.374. The van der Waals surface area contributed by atoms with Gasteiger partial charge in [0.15, 0.2) is 5.82 Å². The zero-order valence-corrected chi connectivity index (χ0v) is 15.4. The molecule has 0 aromatic carbocycles. The molecule has 2 aromatic rings. The van der Waals surface area contributed by atoms with Crippen LogP contribution in [0.15, 0.2) is 24.7 Å². The zero-order chi connectivity index (χ0) is 18.6. The molecule has 1 amide bonds. The molecule has 0 unspecified atom stereocenters. The molecule has 4 heterocycles. The molecule has 9 heteroatoms. The highest BCUT2D eigenvalue weighted by Gasteiger charge is 2.24. The summed E-state index contributed by atoms with van der Waals surface area (Å²) in [4.78, 5) is 27.2. The van der Waals surface area contributed by atoms with Crippen LogP contribution in [0.1, 0.15) is 16.2 Å². The highest BCUT2D eigenvalue weighted by atomic mass is 16.5. The van der Waals surface area contributed by atoms with Gasteiger partial charge in [0.25, 0.3) is 5.91 Å². The number of hydrogen-bond acceptors (Lipinski definition) is 8. The number of carbonyl (C=O) groups excluding carboxylic acids is 1. The quantitative estimate of drug-likeness (QED) is 0.767. The zero-order valence-electron chi connectivity index (χ0n) is 15.4. The van der Waals surface area contributed by atoms with E-state index < -0.39 is 0 Å². The molecular weight excluding hydrogens is 346 g/mol. The van der Waals surface area contributed by atoms with E-state index in [1.165, 1.54) is 0 Å². The molecule has 0 spiro atoms. The molecule has 9 nitrogen and oxygen atoms in total. The van der Waals surface area contributed by atoms with Crippen molar-refractivity contribution in [2.45, 2.75) is 6.92 Å². The average Bonchev–Trinajstić information content (AvgIpc) is 2.75. The van der Waals surface area contributed by atoms with Gasteiger partial charge in [-0.15, -0.1) is 5.10 Å². The monoisotopic (exact) mass is 369 g/mol. The highest BCUT2D eigenvalue weighted by molar-refractivity contribution is 5.92. The van der Waals surface area contributed by atoms with E-state index in [0.29, 0.717) is 32.0 Å². The molecule has 0 aliphatic carbocycles. The minimum Gasteiger partial charge on any atom is -0.378 e. The van der Waals surface area contributed by atoms with E-state index in [-0.39, 0.29) is 5.91 Å². The van der Waals surface area contributed by atoms with E-state index in [1.807, 2.05) is 11.8 Å². The largest absolute Gasteiger partial charge is 0.378 e. The molecule has 0 atom stereocenters. The average molecular weight is 369 g/mol. The summed E-state index contributed by atoms with van der Waals surface area (Å²) in [6.07, 6.45) is 4.96. The smallest absolute Gasteiger partial charge is 0.274 e. The molecule has 4 rings (SSSR count). The minimum absolute atomic E-state index is 0.0657. The van der Waals surface area contributed by atoms with Crippen LogP contribution < -0.4 is 9.80 Å². The van der Waals surface area contributed by atoms with E-state index in [9.17, 15) is 4.79 Å². The number of rotatable bonds is 3. The van der Waals surface area contributed by atoms with Gasteiger partial charge in [-0.05, 0) is 6.92 Å². The third-order valence-corrected chi connectivity index (χ3v) is 4.89. The second kappa shape index (κ2) is 7.83. The van der Waals surface area contributed by atoms with Gasteiger partial charge in [0, 0.05) is 51.5 Å². The lowest BCUT2D eigenvalue weighted by molar-refractivity contribution is 0.0740. The highest BCUT2D eigenvalue weighted by Crippen LogP contribution is 2.21. The molecule has 0 saturated carbocycles. The second-order valence-electron chi connectivity index (χ2n) is 6.69. The summed E-state index contributed by atoms with van der Waals surface area (Å²) in [6, 6.07) is 2.07. The van der Waals surface area contributed by atoms with Gasteiger partial charge in [0.1, 0.15) is 5.69 Å². The fraction of sp³-hybridized carbons (Fsp3) is 0.500. The number of carbonyl (C=O) groups is 1. The Balaban J connectivity index is 1.39. The number of morpholine rings is 1. The fourth-order valence-corrected chi connectivity index (χ4v) is 3.30. The van der Waals surface area contributed by atoms with Gasteiger partial charge >= 0.3 is 0 Å². The van der Waals surface area contributed by atoms with Gasteiger partial charge in [0.2, 0.25) is 0 Å². The molecule has 2 aromatic heterocycles. The molecule has 2 aliphatic rings. The van der Waals surface area contributed by atoms with Crippen LogP contribution in [0.5, 0.6) is 0 Å². The van der Waals surface area contributed by atoms with Crippen LogP contribution in [0.25, 0.3) is 0 Å². The van der Waals surface area contributed by atoms with Crippen LogP contribution in [0.3, 0.4) is 0 Å².